The minimum atomic E-state index is 0.307. The van der Waals surface area contributed by atoms with E-state index in [1.165, 1.54) is 10.4 Å². The average Bonchev–Trinajstić information content (AvgIpc) is 2.91. The molecule has 0 radical (unpaired) electrons. The van der Waals surface area contributed by atoms with Gasteiger partial charge in [0, 0.05) is 28.6 Å². The maximum absolute atomic E-state index is 6.23. The van der Waals surface area contributed by atoms with Gasteiger partial charge in [-0.2, -0.15) is 4.98 Å². The Morgan fingerprint density at radius 3 is 2.44 bits per heavy atom. The number of hydrogen-bond donors (Lipinski definition) is 0. The molecular formula is C19H21Cl2N3S. The maximum Gasteiger partial charge on any atom is 0.225 e. The van der Waals surface area contributed by atoms with Gasteiger partial charge in [0.1, 0.15) is 10.6 Å². The minimum Gasteiger partial charge on any atom is -0.356 e. The molecule has 132 valence electrons. The summed E-state index contributed by atoms with van der Waals surface area (Å²) in [7, 11) is 0. The number of fused-ring (bicyclic) bond motifs is 1. The van der Waals surface area contributed by atoms with Crippen molar-refractivity contribution in [1.29, 1.82) is 0 Å². The normalized spacial score (nSPS) is 11.2. The van der Waals surface area contributed by atoms with E-state index in [1.54, 1.807) is 11.3 Å². The van der Waals surface area contributed by atoms with Crippen molar-refractivity contribution in [2.45, 2.75) is 33.6 Å². The Bertz CT molecular complexity index is 875. The highest BCUT2D eigenvalue weighted by Gasteiger charge is 2.21. The third-order valence-corrected chi connectivity index (χ3v) is 5.70. The molecule has 0 bridgehead atoms. The molecule has 0 N–H and O–H groups in total. The van der Waals surface area contributed by atoms with E-state index in [-0.39, 0.29) is 0 Å². The summed E-state index contributed by atoms with van der Waals surface area (Å²) >= 11 is 14.0. The molecule has 0 atom stereocenters. The molecule has 3 nitrogen and oxygen atoms in total. The van der Waals surface area contributed by atoms with Crippen LogP contribution in [0.4, 0.5) is 5.82 Å². The van der Waals surface area contributed by atoms with Crippen LogP contribution < -0.4 is 4.90 Å². The highest BCUT2D eigenvalue weighted by atomic mass is 35.5. The Morgan fingerprint density at radius 1 is 1.08 bits per heavy atom. The molecule has 25 heavy (non-hydrogen) atoms. The number of rotatable bonds is 6. The molecular weight excluding hydrogens is 373 g/mol. The van der Waals surface area contributed by atoms with Gasteiger partial charge in [0.05, 0.1) is 5.39 Å². The average molecular weight is 394 g/mol. The zero-order valence-electron chi connectivity index (χ0n) is 14.6. The van der Waals surface area contributed by atoms with Crippen molar-refractivity contribution in [3.63, 3.8) is 0 Å². The van der Waals surface area contributed by atoms with Gasteiger partial charge in [-0.3, -0.25) is 0 Å². The van der Waals surface area contributed by atoms with Crippen LogP contribution in [0.3, 0.4) is 0 Å². The Labute approximate surface area is 162 Å². The molecule has 0 spiro atoms. The van der Waals surface area contributed by atoms with Crippen molar-refractivity contribution < 1.29 is 0 Å². The van der Waals surface area contributed by atoms with E-state index in [4.69, 9.17) is 23.2 Å². The number of nitrogens with zero attached hydrogens (tertiary/aromatic N) is 3. The SMILES string of the molecule is CCCCN(CC)c1nc(Cl)nc2sc(C)c(-c3ccc(Cl)cc3)c12. The molecule has 0 aliphatic rings. The molecule has 3 aromatic rings. The van der Waals surface area contributed by atoms with Gasteiger partial charge >= 0.3 is 0 Å². The number of aromatic nitrogens is 2. The molecule has 2 aromatic heterocycles. The fourth-order valence-corrected chi connectivity index (χ4v) is 4.40. The number of thiophene rings is 1. The van der Waals surface area contributed by atoms with Crippen LogP contribution in [-0.2, 0) is 0 Å². The molecule has 0 saturated heterocycles. The molecule has 0 saturated carbocycles. The number of aryl methyl sites for hydroxylation is 1. The fraction of sp³-hybridized carbons (Fsp3) is 0.368. The second kappa shape index (κ2) is 7.90. The molecule has 0 aliphatic heterocycles. The maximum atomic E-state index is 6.23. The van der Waals surface area contributed by atoms with E-state index in [2.05, 4.69) is 47.8 Å². The summed E-state index contributed by atoms with van der Waals surface area (Å²) in [5.74, 6) is 0.931. The van der Waals surface area contributed by atoms with E-state index < -0.39 is 0 Å². The van der Waals surface area contributed by atoms with E-state index in [1.807, 2.05) is 12.1 Å². The number of hydrogen-bond acceptors (Lipinski definition) is 4. The summed E-state index contributed by atoms with van der Waals surface area (Å²) < 4.78 is 0. The van der Waals surface area contributed by atoms with E-state index in [0.717, 1.165) is 52.6 Å². The molecule has 0 aliphatic carbocycles. The van der Waals surface area contributed by atoms with Crippen molar-refractivity contribution >= 4 is 50.6 Å². The summed E-state index contributed by atoms with van der Waals surface area (Å²) in [5.41, 5.74) is 2.31. The fourth-order valence-electron chi connectivity index (χ4n) is 3.02. The molecule has 6 heteroatoms. The van der Waals surface area contributed by atoms with E-state index in [0.29, 0.717) is 5.28 Å². The number of unbranched alkanes of at least 4 members (excludes halogenated alkanes) is 1. The van der Waals surface area contributed by atoms with Gasteiger partial charge in [0.2, 0.25) is 5.28 Å². The standard InChI is InChI=1S/C19H21Cl2N3S/c1-4-6-11-24(5-2)17-16-15(13-7-9-14(20)10-8-13)12(3)25-18(16)23-19(21)22-17/h7-10H,4-6,11H2,1-3H3. The molecule has 3 rings (SSSR count). The lowest BCUT2D eigenvalue weighted by Gasteiger charge is -2.23. The number of halogens is 2. The molecule has 2 heterocycles. The quantitative estimate of drug-likeness (QED) is 0.441. The predicted molar refractivity (Wildman–Crippen MR) is 110 cm³/mol. The van der Waals surface area contributed by atoms with Gasteiger partial charge in [-0.15, -0.1) is 11.3 Å². The molecule has 1 aromatic carbocycles. The molecule has 0 amide bonds. The molecule has 0 unspecified atom stereocenters. The minimum absolute atomic E-state index is 0.307. The second-order valence-electron chi connectivity index (χ2n) is 5.97. The summed E-state index contributed by atoms with van der Waals surface area (Å²) in [6.45, 7) is 8.32. The van der Waals surface area contributed by atoms with Gasteiger partial charge in [-0.1, -0.05) is 37.1 Å². The Balaban J connectivity index is 2.24. The van der Waals surface area contributed by atoms with Gasteiger partial charge in [-0.05, 0) is 49.6 Å². The number of anilines is 1. The van der Waals surface area contributed by atoms with E-state index in [9.17, 15) is 0 Å². The van der Waals surface area contributed by atoms with Crippen LogP contribution in [0.5, 0.6) is 0 Å². The number of benzene rings is 1. The molecule has 0 fully saturated rings. The zero-order chi connectivity index (χ0) is 18.0. The van der Waals surface area contributed by atoms with Crippen molar-refractivity contribution in [3.05, 3.63) is 39.4 Å². The summed E-state index contributed by atoms with van der Waals surface area (Å²) in [6.07, 6.45) is 2.27. The summed E-state index contributed by atoms with van der Waals surface area (Å²) in [4.78, 5) is 13.5. The van der Waals surface area contributed by atoms with Gasteiger partial charge < -0.3 is 4.90 Å². The third kappa shape index (κ3) is 3.76. The zero-order valence-corrected chi connectivity index (χ0v) is 17.0. The van der Waals surface area contributed by atoms with Crippen LogP contribution in [0.15, 0.2) is 24.3 Å². The van der Waals surface area contributed by atoms with E-state index >= 15 is 0 Å². The lowest BCUT2D eigenvalue weighted by atomic mass is 10.0. The lowest BCUT2D eigenvalue weighted by molar-refractivity contribution is 0.726. The van der Waals surface area contributed by atoms with Gasteiger partial charge in [0.25, 0.3) is 0 Å². The van der Waals surface area contributed by atoms with Crippen molar-refractivity contribution in [1.82, 2.24) is 9.97 Å². The summed E-state index contributed by atoms with van der Waals surface area (Å²) in [5, 5.41) is 2.13. The largest absolute Gasteiger partial charge is 0.356 e. The first kappa shape index (κ1) is 18.4. The highest BCUT2D eigenvalue weighted by molar-refractivity contribution is 7.19. The lowest BCUT2D eigenvalue weighted by Crippen LogP contribution is -2.25. The smallest absolute Gasteiger partial charge is 0.225 e. The van der Waals surface area contributed by atoms with Gasteiger partial charge in [0.15, 0.2) is 0 Å². The first-order valence-electron chi connectivity index (χ1n) is 8.52. The third-order valence-electron chi connectivity index (χ3n) is 4.28. The monoisotopic (exact) mass is 393 g/mol. The van der Waals surface area contributed by atoms with Crippen molar-refractivity contribution in [3.8, 4) is 11.1 Å². The van der Waals surface area contributed by atoms with Crippen LogP contribution in [0, 0.1) is 6.92 Å². The first-order chi connectivity index (χ1) is 12.0. The van der Waals surface area contributed by atoms with Crippen molar-refractivity contribution in [2.75, 3.05) is 18.0 Å². The Hall–Kier alpha value is -1.36. The van der Waals surface area contributed by atoms with Crippen LogP contribution in [0.25, 0.3) is 21.3 Å². The van der Waals surface area contributed by atoms with Crippen LogP contribution in [0.1, 0.15) is 31.6 Å². The van der Waals surface area contributed by atoms with Crippen LogP contribution in [0.2, 0.25) is 10.3 Å². The predicted octanol–water partition coefficient (Wildman–Crippen LogP) is 6.60. The van der Waals surface area contributed by atoms with Gasteiger partial charge in [-0.25, -0.2) is 4.98 Å². The van der Waals surface area contributed by atoms with Crippen LogP contribution >= 0.6 is 34.5 Å². The topological polar surface area (TPSA) is 29.0 Å². The Morgan fingerprint density at radius 2 is 1.80 bits per heavy atom. The van der Waals surface area contributed by atoms with Crippen molar-refractivity contribution in [2.24, 2.45) is 0 Å². The second-order valence-corrected chi connectivity index (χ2v) is 7.95. The van der Waals surface area contributed by atoms with Crippen LogP contribution in [-0.4, -0.2) is 23.1 Å². The summed E-state index contributed by atoms with van der Waals surface area (Å²) in [6, 6.07) is 7.95. The highest BCUT2D eigenvalue weighted by Crippen LogP contribution is 2.42. The first-order valence-corrected chi connectivity index (χ1v) is 10.1. The Kier molecular flexibility index (Phi) is 5.82.